The van der Waals surface area contributed by atoms with Crippen molar-refractivity contribution in [3.05, 3.63) is 77.5 Å². The summed E-state index contributed by atoms with van der Waals surface area (Å²) in [5, 5.41) is 7.01. The van der Waals surface area contributed by atoms with Crippen molar-refractivity contribution in [1.82, 2.24) is 9.78 Å². The second kappa shape index (κ2) is 8.57. The maximum atomic E-state index is 12.2. The minimum atomic E-state index is -4.11. The molecule has 3 aromatic rings. The van der Waals surface area contributed by atoms with E-state index < -0.39 is 7.60 Å². The number of anilines is 1. The standard InChI is InChI=1S/C21H22N3O4P/c1-15-3-7-17(8-4-15)21-18(13-22-24(21)2)9-12-20(25)23-19-10-5-16(6-11-19)14-29(26,27)28/h3-13H,14H2,1-2H3,(H,23,25)(H2,26,27,28)/b12-9+. The zero-order chi connectivity index (χ0) is 21.0. The highest BCUT2D eigenvalue weighted by Crippen LogP contribution is 2.39. The van der Waals surface area contributed by atoms with Crippen LogP contribution in [0.4, 0.5) is 5.69 Å². The van der Waals surface area contributed by atoms with Crippen molar-refractivity contribution >= 4 is 25.3 Å². The highest BCUT2D eigenvalue weighted by Gasteiger charge is 2.13. The van der Waals surface area contributed by atoms with E-state index in [9.17, 15) is 9.36 Å². The fourth-order valence-corrected chi connectivity index (χ4v) is 3.61. The molecule has 0 aliphatic rings. The number of carbonyl (C=O) groups is 1. The number of aromatic nitrogens is 2. The molecule has 0 spiro atoms. The van der Waals surface area contributed by atoms with E-state index in [4.69, 9.17) is 9.79 Å². The van der Waals surface area contributed by atoms with Gasteiger partial charge < -0.3 is 15.1 Å². The van der Waals surface area contributed by atoms with Crippen LogP contribution in [0.2, 0.25) is 0 Å². The van der Waals surface area contributed by atoms with Gasteiger partial charge in [-0.1, -0.05) is 42.0 Å². The van der Waals surface area contributed by atoms with Crippen LogP contribution in [0, 0.1) is 6.92 Å². The van der Waals surface area contributed by atoms with Gasteiger partial charge in [0.25, 0.3) is 0 Å². The molecule has 8 heteroatoms. The number of rotatable bonds is 6. The zero-order valence-corrected chi connectivity index (χ0v) is 17.0. The lowest BCUT2D eigenvalue weighted by Gasteiger charge is -2.06. The second-order valence-corrected chi connectivity index (χ2v) is 8.43. The lowest BCUT2D eigenvalue weighted by atomic mass is 10.1. The van der Waals surface area contributed by atoms with Crippen LogP contribution >= 0.6 is 7.60 Å². The number of amides is 1. The Morgan fingerprint density at radius 2 is 1.79 bits per heavy atom. The van der Waals surface area contributed by atoms with Crippen molar-refractivity contribution in [2.45, 2.75) is 13.1 Å². The summed E-state index contributed by atoms with van der Waals surface area (Å²) in [6, 6.07) is 14.5. The molecule has 7 nitrogen and oxygen atoms in total. The molecular formula is C21H22N3O4P. The molecule has 0 saturated carbocycles. The fraction of sp³-hybridized carbons (Fsp3) is 0.143. The molecule has 150 valence electrons. The van der Waals surface area contributed by atoms with Crippen LogP contribution in [0.1, 0.15) is 16.7 Å². The Labute approximate surface area is 168 Å². The summed E-state index contributed by atoms with van der Waals surface area (Å²) in [4.78, 5) is 30.3. The molecule has 0 radical (unpaired) electrons. The van der Waals surface area contributed by atoms with Gasteiger partial charge >= 0.3 is 7.60 Å². The largest absolute Gasteiger partial charge is 0.329 e. The molecule has 0 aliphatic carbocycles. The van der Waals surface area contributed by atoms with Crippen molar-refractivity contribution in [3.63, 3.8) is 0 Å². The van der Waals surface area contributed by atoms with Gasteiger partial charge in [0.2, 0.25) is 5.91 Å². The van der Waals surface area contributed by atoms with Gasteiger partial charge in [0.1, 0.15) is 0 Å². The number of nitrogens with zero attached hydrogens (tertiary/aromatic N) is 2. The Morgan fingerprint density at radius 3 is 2.41 bits per heavy atom. The van der Waals surface area contributed by atoms with E-state index in [1.165, 1.54) is 11.6 Å². The third kappa shape index (κ3) is 5.74. The number of benzene rings is 2. The molecule has 0 saturated heterocycles. The van der Waals surface area contributed by atoms with Crippen LogP contribution in [0.15, 0.2) is 60.8 Å². The molecule has 1 amide bonds. The Hall–Kier alpha value is -2.99. The van der Waals surface area contributed by atoms with E-state index in [1.807, 2.05) is 38.2 Å². The van der Waals surface area contributed by atoms with Crippen molar-refractivity contribution < 1.29 is 19.1 Å². The van der Waals surface area contributed by atoms with E-state index in [0.29, 0.717) is 11.3 Å². The topological polar surface area (TPSA) is 104 Å². The van der Waals surface area contributed by atoms with Gasteiger partial charge in [0.05, 0.1) is 18.1 Å². The van der Waals surface area contributed by atoms with E-state index in [0.717, 1.165) is 16.8 Å². The third-order valence-electron chi connectivity index (χ3n) is 4.32. The molecule has 0 bridgehead atoms. The molecule has 3 rings (SSSR count). The third-order valence-corrected chi connectivity index (χ3v) is 5.09. The molecule has 29 heavy (non-hydrogen) atoms. The number of hydrogen-bond acceptors (Lipinski definition) is 3. The summed E-state index contributed by atoms with van der Waals surface area (Å²) in [6.07, 6.45) is 4.51. The highest BCUT2D eigenvalue weighted by molar-refractivity contribution is 7.50. The second-order valence-electron chi connectivity index (χ2n) is 6.78. The van der Waals surface area contributed by atoms with Crippen LogP contribution in [0.25, 0.3) is 17.3 Å². The van der Waals surface area contributed by atoms with E-state index in [1.54, 1.807) is 41.2 Å². The Balaban J connectivity index is 1.70. The first-order valence-corrected chi connectivity index (χ1v) is 10.7. The van der Waals surface area contributed by atoms with Gasteiger partial charge in [-0.15, -0.1) is 0 Å². The Morgan fingerprint density at radius 1 is 1.14 bits per heavy atom. The maximum absolute atomic E-state index is 12.2. The van der Waals surface area contributed by atoms with Gasteiger partial charge in [0.15, 0.2) is 0 Å². The monoisotopic (exact) mass is 411 g/mol. The number of nitrogens with one attached hydrogen (secondary N) is 1. The van der Waals surface area contributed by atoms with Crippen LogP contribution in [0.3, 0.4) is 0 Å². The smallest absolute Gasteiger partial charge is 0.324 e. The minimum absolute atomic E-state index is 0.313. The summed E-state index contributed by atoms with van der Waals surface area (Å²) in [6.45, 7) is 2.02. The molecule has 0 fully saturated rings. The lowest BCUT2D eigenvalue weighted by Crippen LogP contribution is -2.07. The number of carbonyl (C=O) groups excluding carboxylic acids is 1. The predicted molar refractivity (Wildman–Crippen MR) is 113 cm³/mol. The van der Waals surface area contributed by atoms with Crippen molar-refractivity contribution in [2.24, 2.45) is 7.05 Å². The van der Waals surface area contributed by atoms with Crippen LogP contribution in [0.5, 0.6) is 0 Å². The number of hydrogen-bond donors (Lipinski definition) is 3. The molecule has 0 aliphatic heterocycles. The van der Waals surface area contributed by atoms with E-state index in [-0.39, 0.29) is 12.1 Å². The Kier molecular flexibility index (Phi) is 6.13. The van der Waals surface area contributed by atoms with Gasteiger partial charge in [0, 0.05) is 29.9 Å². The van der Waals surface area contributed by atoms with Gasteiger partial charge in [-0.3, -0.25) is 14.0 Å². The molecule has 1 heterocycles. The molecule has 0 atom stereocenters. The van der Waals surface area contributed by atoms with E-state index >= 15 is 0 Å². The van der Waals surface area contributed by atoms with Crippen LogP contribution in [-0.2, 0) is 22.6 Å². The number of aryl methyl sites for hydroxylation is 2. The maximum Gasteiger partial charge on any atom is 0.329 e. The molecule has 3 N–H and O–H groups in total. The first-order chi connectivity index (χ1) is 13.7. The molecule has 1 aromatic heterocycles. The summed E-state index contributed by atoms with van der Waals surface area (Å²) in [7, 11) is -2.26. The van der Waals surface area contributed by atoms with Gasteiger partial charge in [-0.05, 0) is 30.7 Å². The normalized spacial score (nSPS) is 11.7. The summed E-state index contributed by atoms with van der Waals surface area (Å²) in [5.74, 6) is -0.313. The quantitative estimate of drug-likeness (QED) is 0.424. The SMILES string of the molecule is Cc1ccc(-c2c(/C=C/C(=O)Nc3ccc(CP(=O)(O)O)cc3)cnn2C)cc1. The Bertz CT molecular complexity index is 1080. The average molecular weight is 411 g/mol. The summed E-state index contributed by atoms with van der Waals surface area (Å²) in [5.41, 5.74) is 4.96. The van der Waals surface area contributed by atoms with Gasteiger partial charge in [-0.25, -0.2) is 0 Å². The molecule has 0 unspecified atom stereocenters. The minimum Gasteiger partial charge on any atom is -0.324 e. The van der Waals surface area contributed by atoms with Crippen LogP contribution < -0.4 is 5.32 Å². The van der Waals surface area contributed by atoms with E-state index in [2.05, 4.69) is 10.4 Å². The fourth-order valence-electron chi connectivity index (χ4n) is 2.92. The lowest BCUT2D eigenvalue weighted by molar-refractivity contribution is -0.111. The van der Waals surface area contributed by atoms with Crippen LogP contribution in [-0.4, -0.2) is 25.5 Å². The summed E-state index contributed by atoms with van der Waals surface area (Å²) < 4.78 is 12.8. The van der Waals surface area contributed by atoms with Crippen molar-refractivity contribution in [2.75, 3.05) is 5.32 Å². The first kappa shape index (κ1) is 20.7. The average Bonchev–Trinajstić information content (AvgIpc) is 3.02. The zero-order valence-electron chi connectivity index (χ0n) is 16.1. The molecule has 2 aromatic carbocycles. The van der Waals surface area contributed by atoms with Gasteiger partial charge in [-0.2, -0.15) is 5.10 Å². The predicted octanol–water partition coefficient (Wildman–Crippen LogP) is 3.73. The van der Waals surface area contributed by atoms with Crippen molar-refractivity contribution in [3.8, 4) is 11.3 Å². The molecular weight excluding hydrogens is 389 g/mol. The van der Waals surface area contributed by atoms with Crippen molar-refractivity contribution in [1.29, 1.82) is 0 Å². The summed E-state index contributed by atoms with van der Waals surface area (Å²) >= 11 is 0. The highest BCUT2D eigenvalue weighted by atomic mass is 31.2. The first-order valence-electron chi connectivity index (χ1n) is 8.93.